The molecule has 0 spiro atoms. The quantitative estimate of drug-likeness (QED) is 0.414. The van der Waals surface area contributed by atoms with E-state index in [0.717, 1.165) is 29.9 Å². The zero-order chi connectivity index (χ0) is 23.2. The lowest BCUT2D eigenvalue weighted by atomic mass is 9.69. The van der Waals surface area contributed by atoms with Gasteiger partial charge >= 0.3 is 0 Å². The molecule has 5 rings (SSSR count). The summed E-state index contributed by atoms with van der Waals surface area (Å²) in [7, 11) is 0. The predicted molar refractivity (Wildman–Crippen MR) is 136 cm³/mol. The third-order valence-corrected chi connectivity index (χ3v) is 7.38. The number of anilines is 1. The van der Waals surface area contributed by atoms with Crippen LogP contribution in [0.15, 0.2) is 66.9 Å². The zero-order valence-electron chi connectivity index (χ0n) is 20.3. The summed E-state index contributed by atoms with van der Waals surface area (Å²) < 4.78 is 2.24. The summed E-state index contributed by atoms with van der Waals surface area (Å²) in [6, 6.07) is 18.8. The number of hydrogen-bond acceptors (Lipinski definition) is 1. The maximum Gasteiger partial charge on any atom is 0.258 e. The molecular weight excluding hydrogens is 404 g/mol. The molecule has 0 saturated carbocycles. The minimum Gasteiger partial charge on any atom is -0.345 e. The van der Waals surface area contributed by atoms with Gasteiger partial charge in [0.1, 0.15) is 0 Å². The molecule has 33 heavy (non-hydrogen) atoms. The summed E-state index contributed by atoms with van der Waals surface area (Å²) in [6.07, 6.45) is 8.17. The fraction of sp³-hybridized carbons (Fsp3) is 0.367. The van der Waals surface area contributed by atoms with Gasteiger partial charge in [-0.2, -0.15) is 0 Å². The lowest BCUT2D eigenvalue weighted by molar-refractivity contribution is 0.0985. The van der Waals surface area contributed by atoms with Gasteiger partial charge in [-0.25, -0.2) is 0 Å². The van der Waals surface area contributed by atoms with Crippen molar-refractivity contribution in [2.75, 3.05) is 4.90 Å². The van der Waals surface area contributed by atoms with Crippen LogP contribution in [0.2, 0.25) is 0 Å². The van der Waals surface area contributed by atoms with E-state index in [1.807, 2.05) is 17.0 Å². The second kappa shape index (κ2) is 8.37. The molecule has 0 saturated heterocycles. The van der Waals surface area contributed by atoms with E-state index in [1.165, 1.54) is 35.1 Å². The standard InChI is InChI=1S/C30H34N2O/c1-21-18-22(15-16-25(21)26-12-6-7-13-27(26)30(2,3)4)29(33)32-20-24-11-9-17-31(24)19-23-10-5-8-14-28(23)32/h5,8-12,14-18,27H,6-7,13,19-20H2,1-4H3. The van der Waals surface area contributed by atoms with Gasteiger partial charge in [0.2, 0.25) is 0 Å². The molecule has 1 amide bonds. The van der Waals surface area contributed by atoms with Crippen LogP contribution < -0.4 is 4.90 Å². The van der Waals surface area contributed by atoms with Crippen LogP contribution in [-0.4, -0.2) is 10.5 Å². The van der Waals surface area contributed by atoms with Crippen molar-refractivity contribution in [1.82, 2.24) is 4.57 Å². The van der Waals surface area contributed by atoms with E-state index in [9.17, 15) is 4.79 Å². The van der Waals surface area contributed by atoms with Gasteiger partial charge in [0, 0.05) is 29.7 Å². The number of para-hydroxylation sites is 1. The summed E-state index contributed by atoms with van der Waals surface area (Å²) in [5, 5.41) is 0. The lowest BCUT2D eigenvalue weighted by Crippen LogP contribution is -2.30. The summed E-state index contributed by atoms with van der Waals surface area (Å²) in [4.78, 5) is 15.8. The molecule has 3 aromatic rings. The van der Waals surface area contributed by atoms with Gasteiger partial charge in [0.25, 0.3) is 5.91 Å². The van der Waals surface area contributed by atoms with Crippen LogP contribution in [-0.2, 0) is 13.1 Å². The maximum absolute atomic E-state index is 13.8. The summed E-state index contributed by atoms with van der Waals surface area (Å²) in [5.41, 5.74) is 8.29. The highest BCUT2D eigenvalue weighted by Crippen LogP contribution is 2.44. The fourth-order valence-electron chi connectivity index (χ4n) is 5.62. The number of carbonyl (C=O) groups excluding carboxylic acids is 1. The Morgan fingerprint density at radius 3 is 2.61 bits per heavy atom. The first-order valence-corrected chi connectivity index (χ1v) is 12.2. The maximum atomic E-state index is 13.8. The van der Waals surface area contributed by atoms with Gasteiger partial charge in [-0.15, -0.1) is 0 Å². The molecule has 2 heterocycles. The van der Waals surface area contributed by atoms with E-state index < -0.39 is 0 Å². The molecule has 1 aliphatic heterocycles. The molecule has 0 N–H and O–H groups in total. The molecule has 0 fully saturated rings. The van der Waals surface area contributed by atoms with Gasteiger partial charge in [-0.05, 0) is 90.1 Å². The Morgan fingerprint density at radius 2 is 1.82 bits per heavy atom. The Labute approximate surface area is 197 Å². The number of carbonyl (C=O) groups is 1. The second-order valence-electron chi connectivity index (χ2n) is 10.7. The summed E-state index contributed by atoms with van der Waals surface area (Å²) >= 11 is 0. The molecule has 1 aliphatic carbocycles. The number of benzene rings is 2. The van der Waals surface area contributed by atoms with Gasteiger partial charge in [-0.3, -0.25) is 4.79 Å². The highest BCUT2D eigenvalue weighted by Gasteiger charge is 2.31. The van der Waals surface area contributed by atoms with E-state index in [0.29, 0.717) is 12.5 Å². The Balaban J connectivity index is 1.50. The average Bonchev–Trinajstić information content (AvgIpc) is 3.17. The minimum atomic E-state index is 0.0664. The summed E-state index contributed by atoms with van der Waals surface area (Å²) in [5.74, 6) is 0.619. The normalized spacial score (nSPS) is 18.2. The van der Waals surface area contributed by atoms with Crippen LogP contribution in [0.5, 0.6) is 0 Å². The monoisotopic (exact) mass is 438 g/mol. The number of aromatic nitrogens is 1. The van der Waals surface area contributed by atoms with Gasteiger partial charge in [-0.1, -0.05) is 51.1 Å². The number of rotatable bonds is 2. The Bertz CT molecular complexity index is 1220. The van der Waals surface area contributed by atoms with Crippen molar-refractivity contribution in [3.8, 4) is 0 Å². The first-order valence-electron chi connectivity index (χ1n) is 12.2. The van der Waals surface area contributed by atoms with Crippen LogP contribution in [0.1, 0.15) is 72.8 Å². The molecule has 2 aromatic carbocycles. The van der Waals surface area contributed by atoms with Crippen LogP contribution >= 0.6 is 0 Å². The Hall–Kier alpha value is -3.07. The number of nitrogens with zero attached hydrogens (tertiary/aromatic N) is 2. The second-order valence-corrected chi connectivity index (χ2v) is 10.7. The number of aryl methyl sites for hydroxylation is 1. The fourth-order valence-corrected chi connectivity index (χ4v) is 5.62. The van der Waals surface area contributed by atoms with Crippen molar-refractivity contribution in [3.05, 3.63) is 94.8 Å². The van der Waals surface area contributed by atoms with Gasteiger partial charge < -0.3 is 9.47 Å². The van der Waals surface area contributed by atoms with Crippen LogP contribution in [0.25, 0.3) is 5.57 Å². The molecule has 1 atom stereocenters. The van der Waals surface area contributed by atoms with Gasteiger partial charge in [0.15, 0.2) is 0 Å². The minimum absolute atomic E-state index is 0.0664. The molecule has 1 unspecified atom stereocenters. The van der Waals surface area contributed by atoms with Crippen molar-refractivity contribution in [2.24, 2.45) is 11.3 Å². The van der Waals surface area contributed by atoms with Crippen LogP contribution in [0.3, 0.4) is 0 Å². The SMILES string of the molecule is Cc1cc(C(=O)N2Cc3cccn3Cc3ccccc32)ccc1C1=CCCCC1C(C)(C)C. The zero-order valence-corrected chi connectivity index (χ0v) is 20.3. The number of amides is 1. The topological polar surface area (TPSA) is 25.2 Å². The van der Waals surface area contributed by atoms with Crippen molar-refractivity contribution < 1.29 is 4.79 Å². The number of hydrogen-bond donors (Lipinski definition) is 0. The van der Waals surface area contributed by atoms with Crippen molar-refractivity contribution >= 4 is 17.2 Å². The van der Waals surface area contributed by atoms with Gasteiger partial charge in [0.05, 0.1) is 6.54 Å². The van der Waals surface area contributed by atoms with E-state index >= 15 is 0 Å². The number of fused-ring (bicyclic) bond motifs is 2. The van der Waals surface area contributed by atoms with Crippen molar-refractivity contribution in [2.45, 2.75) is 60.0 Å². The largest absolute Gasteiger partial charge is 0.345 e. The Morgan fingerprint density at radius 1 is 1.00 bits per heavy atom. The molecule has 3 heteroatoms. The van der Waals surface area contributed by atoms with Crippen molar-refractivity contribution in [3.63, 3.8) is 0 Å². The molecule has 1 aromatic heterocycles. The Kier molecular flexibility index (Phi) is 5.52. The predicted octanol–water partition coefficient (Wildman–Crippen LogP) is 7.23. The first-order chi connectivity index (χ1) is 15.8. The molecule has 0 radical (unpaired) electrons. The third-order valence-electron chi connectivity index (χ3n) is 7.38. The molecule has 0 bridgehead atoms. The average molecular weight is 439 g/mol. The molecule has 3 nitrogen and oxygen atoms in total. The highest BCUT2D eigenvalue weighted by molar-refractivity contribution is 6.06. The first kappa shape index (κ1) is 21.8. The lowest BCUT2D eigenvalue weighted by Gasteiger charge is -2.36. The van der Waals surface area contributed by atoms with Crippen LogP contribution in [0, 0.1) is 18.3 Å². The smallest absolute Gasteiger partial charge is 0.258 e. The van der Waals surface area contributed by atoms with Crippen LogP contribution in [0.4, 0.5) is 5.69 Å². The third kappa shape index (κ3) is 4.06. The highest BCUT2D eigenvalue weighted by atomic mass is 16.2. The molecule has 170 valence electrons. The van der Waals surface area contributed by atoms with E-state index in [-0.39, 0.29) is 11.3 Å². The van der Waals surface area contributed by atoms with E-state index in [4.69, 9.17) is 0 Å². The summed E-state index contributed by atoms with van der Waals surface area (Å²) in [6.45, 7) is 10.6. The van der Waals surface area contributed by atoms with E-state index in [1.54, 1.807) is 0 Å². The van der Waals surface area contributed by atoms with E-state index in [2.05, 4.69) is 87.0 Å². The molecular formula is C30H34N2O. The molecule has 2 aliphatic rings. The van der Waals surface area contributed by atoms with Crippen molar-refractivity contribution in [1.29, 1.82) is 0 Å². The number of allylic oxidation sites excluding steroid dienone is 2.